The zero-order valence-electron chi connectivity index (χ0n) is 16.5. The van der Waals surface area contributed by atoms with Crippen molar-refractivity contribution in [2.45, 2.75) is 32.2 Å². The van der Waals surface area contributed by atoms with Gasteiger partial charge in [0.15, 0.2) is 0 Å². The van der Waals surface area contributed by atoms with Crippen LogP contribution < -0.4 is 5.73 Å². The van der Waals surface area contributed by atoms with Crippen molar-refractivity contribution in [2.75, 3.05) is 18.8 Å². The number of aromatic amines is 1. The first-order chi connectivity index (χ1) is 13.9. The zero-order valence-corrected chi connectivity index (χ0v) is 16.5. The maximum atomic E-state index is 13.1. The summed E-state index contributed by atoms with van der Waals surface area (Å²) in [6.07, 6.45) is 5.74. The fourth-order valence-corrected chi connectivity index (χ4v) is 4.05. The number of nitrogens with one attached hydrogen (secondary N) is 1. The quantitative estimate of drug-likeness (QED) is 0.560. The third kappa shape index (κ3) is 2.74. The molecule has 1 aliphatic rings. The van der Waals surface area contributed by atoms with E-state index in [9.17, 15) is 4.79 Å². The van der Waals surface area contributed by atoms with Crippen molar-refractivity contribution in [1.29, 1.82) is 0 Å². The molecule has 8 heteroatoms. The second-order valence-electron chi connectivity index (χ2n) is 8.08. The molecule has 1 amide bonds. The largest absolute Gasteiger partial charge is 0.383 e. The highest BCUT2D eigenvalue weighted by atomic mass is 16.2. The van der Waals surface area contributed by atoms with Crippen LogP contribution in [0.3, 0.4) is 0 Å². The Labute approximate surface area is 167 Å². The Morgan fingerprint density at radius 1 is 1.17 bits per heavy atom. The van der Waals surface area contributed by atoms with Crippen LogP contribution in [0.4, 0.5) is 5.82 Å². The number of H-pyrrole nitrogens is 1. The van der Waals surface area contributed by atoms with Gasteiger partial charge in [0, 0.05) is 36.4 Å². The summed E-state index contributed by atoms with van der Waals surface area (Å²) in [5, 5.41) is 13.5. The molecule has 1 saturated heterocycles. The SMILES string of the molecule is CC(C)(C(=O)N1CCCC1)n1cc2c(N)nc3cc(-c4cc[nH]n4)ccc3c2n1. The van der Waals surface area contributed by atoms with Crippen LogP contribution in [-0.2, 0) is 10.3 Å². The third-order valence-electron chi connectivity index (χ3n) is 5.77. The minimum Gasteiger partial charge on any atom is -0.383 e. The van der Waals surface area contributed by atoms with E-state index in [4.69, 9.17) is 10.8 Å². The van der Waals surface area contributed by atoms with Gasteiger partial charge in [-0.05, 0) is 44.9 Å². The summed E-state index contributed by atoms with van der Waals surface area (Å²) in [7, 11) is 0. The molecule has 1 aliphatic heterocycles. The number of nitrogen functional groups attached to an aromatic ring is 1. The van der Waals surface area contributed by atoms with Crippen molar-refractivity contribution >= 4 is 33.5 Å². The van der Waals surface area contributed by atoms with Gasteiger partial charge >= 0.3 is 0 Å². The molecule has 148 valence electrons. The second kappa shape index (κ2) is 6.30. The van der Waals surface area contributed by atoms with Crippen molar-refractivity contribution in [3.05, 3.63) is 36.7 Å². The number of rotatable bonds is 3. The van der Waals surface area contributed by atoms with Gasteiger partial charge in [-0.15, -0.1) is 0 Å². The topological polar surface area (TPSA) is 106 Å². The molecule has 3 N–H and O–H groups in total. The number of benzene rings is 1. The number of aromatic nitrogens is 5. The number of carbonyl (C=O) groups is 1. The molecule has 0 atom stereocenters. The lowest BCUT2D eigenvalue weighted by Gasteiger charge is -2.29. The number of nitrogens with zero attached hydrogens (tertiary/aromatic N) is 5. The van der Waals surface area contributed by atoms with E-state index in [1.54, 1.807) is 10.9 Å². The van der Waals surface area contributed by atoms with E-state index in [1.807, 2.05) is 49.2 Å². The molecule has 3 aromatic heterocycles. The standard InChI is InChI=1S/C21H23N7O/c1-21(2,20(29)27-9-3-4-10-27)28-12-15-18(26-28)14-6-5-13(16-7-8-23-25-16)11-17(14)24-19(15)22/h5-8,11-12H,3-4,9-10H2,1-2H3,(H2,22,24)(H,23,25). The van der Waals surface area contributed by atoms with Gasteiger partial charge in [0.1, 0.15) is 16.9 Å². The first-order valence-corrected chi connectivity index (χ1v) is 9.84. The Hall–Kier alpha value is -3.42. The first kappa shape index (κ1) is 17.7. The van der Waals surface area contributed by atoms with Gasteiger partial charge in [0.2, 0.25) is 5.91 Å². The summed E-state index contributed by atoms with van der Waals surface area (Å²) in [6, 6.07) is 7.85. The number of pyridine rings is 1. The maximum absolute atomic E-state index is 13.1. The number of nitrogens with two attached hydrogens (primary N) is 1. The summed E-state index contributed by atoms with van der Waals surface area (Å²) in [5.41, 5.74) is 8.77. The average Bonchev–Trinajstić information content (AvgIpc) is 3.48. The van der Waals surface area contributed by atoms with Crippen molar-refractivity contribution in [2.24, 2.45) is 0 Å². The van der Waals surface area contributed by atoms with Gasteiger partial charge in [-0.2, -0.15) is 10.2 Å². The molecule has 4 heterocycles. The van der Waals surface area contributed by atoms with Gasteiger partial charge in [0.05, 0.1) is 16.6 Å². The summed E-state index contributed by atoms with van der Waals surface area (Å²) >= 11 is 0. The Balaban J connectivity index is 1.63. The van der Waals surface area contributed by atoms with E-state index >= 15 is 0 Å². The Morgan fingerprint density at radius 2 is 1.97 bits per heavy atom. The molecule has 8 nitrogen and oxygen atoms in total. The number of carbonyl (C=O) groups excluding carboxylic acids is 1. The molecule has 0 radical (unpaired) electrons. The molecule has 0 unspecified atom stereocenters. The highest BCUT2D eigenvalue weighted by Crippen LogP contribution is 2.32. The van der Waals surface area contributed by atoms with E-state index in [0.717, 1.165) is 59.0 Å². The van der Waals surface area contributed by atoms with Gasteiger partial charge < -0.3 is 10.6 Å². The molecule has 5 rings (SSSR count). The van der Waals surface area contributed by atoms with Gasteiger partial charge in [-0.25, -0.2) is 4.98 Å². The van der Waals surface area contributed by atoms with Gasteiger partial charge in [-0.1, -0.05) is 6.07 Å². The van der Waals surface area contributed by atoms with E-state index in [-0.39, 0.29) is 5.91 Å². The van der Waals surface area contributed by atoms with Crippen LogP contribution in [-0.4, -0.2) is 48.9 Å². The fraction of sp³-hybridized carbons (Fsp3) is 0.333. The third-order valence-corrected chi connectivity index (χ3v) is 5.77. The van der Waals surface area contributed by atoms with Crippen LogP contribution >= 0.6 is 0 Å². The van der Waals surface area contributed by atoms with E-state index in [2.05, 4.69) is 15.2 Å². The summed E-state index contributed by atoms with van der Waals surface area (Å²) in [4.78, 5) is 19.6. The molecule has 0 aliphatic carbocycles. The highest BCUT2D eigenvalue weighted by Gasteiger charge is 2.36. The lowest BCUT2D eigenvalue weighted by atomic mass is 10.0. The zero-order chi connectivity index (χ0) is 20.2. The van der Waals surface area contributed by atoms with Crippen molar-refractivity contribution < 1.29 is 4.79 Å². The molecule has 0 bridgehead atoms. The lowest BCUT2D eigenvalue weighted by Crippen LogP contribution is -2.46. The number of hydrogen-bond acceptors (Lipinski definition) is 5. The Bertz CT molecular complexity index is 1220. The lowest BCUT2D eigenvalue weighted by molar-refractivity contribution is -0.138. The first-order valence-electron chi connectivity index (χ1n) is 9.84. The number of likely N-dealkylation sites (tertiary alicyclic amines) is 1. The molecule has 1 fully saturated rings. The molecular weight excluding hydrogens is 366 g/mol. The molecule has 1 aromatic carbocycles. The molecule has 0 spiro atoms. The summed E-state index contributed by atoms with van der Waals surface area (Å²) < 4.78 is 1.73. The smallest absolute Gasteiger partial charge is 0.249 e. The molecule has 4 aromatic rings. The van der Waals surface area contributed by atoms with Crippen LogP contribution in [0.5, 0.6) is 0 Å². The number of hydrogen-bond donors (Lipinski definition) is 2. The van der Waals surface area contributed by atoms with Crippen LogP contribution in [0.2, 0.25) is 0 Å². The van der Waals surface area contributed by atoms with Crippen LogP contribution in [0.15, 0.2) is 36.7 Å². The number of anilines is 1. The van der Waals surface area contributed by atoms with Crippen molar-refractivity contribution in [1.82, 2.24) is 29.9 Å². The van der Waals surface area contributed by atoms with Crippen LogP contribution in [0, 0.1) is 0 Å². The van der Waals surface area contributed by atoms with E-state index in [1.165, 1.54) is 0 Å². The van der Waals surface area contributed by atoms with Crippen molar-refractivity contribution in [3.63, 3.8) is 0 Å². The van der Waals surface area contributed by atoms with Gasteiger partial charge in [0.25, 0.3) is 0 Å². The number of amides is 1. The fourth-order valence-electron chi connectivity index (χ4n) is 4.05. The highest BCUT2D eigenvalue weighted by molar-refractivity contribution is 6.08. The van der Waals surface area contributed by atoms with Crippen LogP contribution in [0.1, 0.15) is 26.7 Å². The monoisotopic (exact) mass is 389 g/mol. The van der Waals surface area contributed by atoms with E-state index < -0.39 is 5.54 Å². The normalized spacial score (nSPS) is 14.9. The molecule has 29 heavy (non-hydrogen) atoms. The molecule has 0 saturated carbocycles. The minimum absolute atomic E-state index is 0.0828. The Kier molecular flexibility index (Phi) is 3.84. The average molecular weight is 389 g/mol. The predicted molar refractivity (Wildman–Crippen MR) is 112 cm³/mol. The second-order valence-corrected chi connectivity index (χ2v) is 8.08. The van der Waals surface area contributed by atoms with Crippen molar-refractivity contribution in [3.8, 4) is 11.3 Å². The van der Waals surface area contributed by atoms with Gasteiger partial charge in [-0.3, -0.25) is 14.6 Å². The Morgan fingerprint density at radius 3 is 2.69 bits per heavy atom. The van der Waals surface area contributed by atoms with Crippen LogP contribution in [0.25, 0.3) is 33.1 Å². The minimum atomic E-state index is -0.795. The number of fused-ring (bicyclic) bond motifs is 3. The summed E-state index contributed by atoms with van der Waals surface area (Å²) in [5.74, 6) is 0.488. The molecular formula is C21H23N7O. The predicted octanol–water partition coefficient (Wildman–Crippen LogP) is 2.91. The maximum Gasteiger partial charge on any atom is 0.249 e. The summed E-state index contributed by atoms with van der Waals surface area (Å²) in [6.45, 7) is 5.43. The van der Waals surface area contributed by atoms with E-state index in [0.29, 0.717) is 5.82 Å².